The molecule has 0 amide bonds. The lowest BCUT2D eigenvalue weighted by atomic mass is 10.2. The number of anilines is 1. The zero-order chi connectivity index (χ0) is 11.7. The molecule has 3 aromatic heterocycles. The molecule has 0 spiro atoms. The van der Waals surface area contributed by atoms with Crippen molar-refractivity contribution in [1.82, 2.24) is 15.0 Å². The molecular formula is C11H8N4S2. The molecule has 0 aromatic carbocycles. The summed E-state index contributed by atoms with van der Waals surface area (Å²) in [6, 6.07) is 3.66. The van der Waals surface area contributed by atoms with Crippen LogP contribution in [-0.2, 0) is 0 Å². The van der Waals surface area contributed by atoms with Crippen molar-refractivity contribution in [2.45, 2.75) is 0 Å². The molecule has 0 fully saturated rings. The van der Waals surface area contributed by atoms with Crippen LogP contribution in [-0.4, -0.2) is 15.0 Å². The molecule has 0 aliphatic rings. The summed E-state index contributed by atoms with van der Waals surface area (Å²) in [7, 11) is 0. The van der Waals surface area contributed by atoms with E-state index >= 15 is 0 Å². The third-order valence-corrected chi connectivity index (χ3v) is 3.74. The second-order valence-electron chi connectivity index (χ2n) is 3.35. The fourth-order valence-corrected chi connectivity index (χ4v) is 2.67. The summed E-state index contributed by atoms with van der Waals surface area (Å²) in [5.74, 6) is 0. The molecule has 4 nitrogen and oxygen atoms in total. The Morgan fingerprint density at radius 3 is 1.82 bits per heavy atom. The summed E-state index contributed by atoms with van der Waals surface area (Å²) in [6.07, 6.45) is 3.52. The standard InChI is InChI=1S/C11H8N4S2/c12-7-5-8(10-13-1-3-16-10)15-9(6-7)11-14-2-4-17-11/h1-6H,(H2,12,15). The Kier molecular flexibility index (Phi) is 2.58. The van der Waals surface area contributed by atoms with Crippen LogP contribution in [0.3, 0.4) is 0 Å². The average Bonchev–Trinajstić information content (AvgIpc) is 3.02. The summed E-state index contributed by atoms with van der Waals surface area (Å²) in [5, 5.41) is 5.58. The Morgan fingerprint density at radius 1 is 0.882 bits per heavy atom. The Morgan fingerprint density at radius 2 is 1.41 bits per heavy atom. The van der Waals surface area contributed by atoms with E-state index in [1.165, 1.54) is 0 Å². The van der Waals surface area contributed by atoms with Crippen LogP contribution in [0, 0.1) is 0 Å². The molecule has 0 saturated carbocycles. The largest absolute Gasteiger partial charge is 0.399 e. The van der Waals surface area contributed by atoms with Crippen LogP contribution in [0.4, 0.5) is 5.69 Å². The van der Waals surface area contributed by atoms with Gasteiger partial charge in [-0.3, -0.25) is 0 Å². The third kappa shape index (κ3) is 2.04. The van der Waals surface area contributed by atoms with Gasteiger partial charge in [-0.05, 0) is 12.1 Å². The fourth-order valence-electron chi connectivity index (χ4n) is 1.47. The molecule has 0 saturated heterocycles. The first-order chi connectivity index (χ1) is 8.33. The molecule has 0 atom stereocenters. The Balaban J connectivity index is 2.13. The highest BCUT2D eigenvalue weighted by Crippen LogP contribution is 2.27. The van der Waals surface area contributed by atoms with Crippen LogP contribution in [0.5, 0.6) is 0 Å². The highest BCUT2D eigenvalue weighted by molar-refractivity contribution is 7.13. The van der Waals surface area contributed by atoms with E-state index in [1.807, 2.05) is 22.9 Å². The number of nitrogens with zero attached hydrogens (tertiary/aromatic N) is 3. The SMILES string of the molecule is Nc1cc(-c2nccs2)nc(-c2nccs2)c1. The Labute approximate surface area is 106 Å². The lowest BCUT2D eigenvalue weighted by Crippen LogP contribution is -1.92. The number of nitrogens with two attached hydrogens (primary N) is 1. The van der Waals surface area contributed by atoms with Crippen molar-refractivity contribution >= 4 is 28.4 Å². The maximum Gasteiger partial charge on any atom is 0.141 e. The second-order valence-corrected chi connectivity index (χ2v) is 5.13. The van der Waals surface area contributed by atoms with Gasteiger partial charge in [0.05, 0.1) is 0 Å². The van der Waals surface area contributed by atoms with E-state index in [2.05, 4.69) is 15.0 Å². The lowest BCUT2D eigenvalue weighted by molar-refractivity contribution is 1.27. The molecule has 0 unspecified atom stereocenters. The highest BCUT2D eigenvalue weighted by Gasteiger charge is 2.08. The van der Waals surface area contributed by atoms with E-state index in [1.54, 1.807) is 35.1 Å². The smallest absolute Gasteiger partial charge is 0.141 e. The zero-order valence-corrected chi connectivity index (χ0v) is 10.3. The van der Waals surface area contributed by atoms with E-state index in [-0.39, 0.29) is 0 Å². The van der Waals surface area contributed by atoms with Gasteiger partial charge in [-0.15, -0.1) is 22.7 Å². The summed E-state index contributed by atoms with van der Waals surface area (Å²) < 4.78 is 0. The number of hydrogen-bond acceptors (Lipinski definition) is 6. The molecule has 3 rings (SSSR count). The van der Waals surface area contributed by atoms with Gasteiger partial charge in [0.15, 0.2) is 0 Å². The third-order valence-electron chi connectivity index (χ3n) is 2.15. The van der Waals surface area contributed by atoms with Crippen molar-refractivity contribution in [3.63, 3.8) is 0 Å². The molecular weight excluding hydrogens is 252 g/mol. The van der Waals surface area contributed by atoms with Crippen LogP contribution in [0.25, 0.3) is 21.4 Å². The minimum absolute atomic E-state index is 0.676. The van der Waals surface area contributed by atoms with Gasteiger partial charge in [0.2, 0.25) is 0 Å². The summed E-state index contributed by atoms with van der Waals surface area (Å²) in [4.78, 5) is 13.0. The molecule has 0 radical (unpaired) electrons. The van der Waals surface area contributed by atoms with Gasteiger partial charge < -0.3 is 5.73 Å². The van der Waals surface area contributed by atoms with Crippen molar-refractivity contribution in [2.75, 3.05) is 5.73 Å². The van der Waals surface area contributed by atoms with E-state index in [0.717, 1.165) is 21.4 Å². The lowest BCUT2D eigenvalue weighted by Gasteiger charge is -2.02. The van der Waals surface area contributed by atoms with Gasteiger partial charge in [-0.1, -0.05) is 0 Å². The van der Waals surface area contributed by atoms with Gasteiger partial charge >= 0.3 is 0 Å². The normalized spacial score (nSPS) is 10.6. The Hall–Kier alpha value is -1.79. The molecule has 6 heteroatoms. The molecule has 0 bridgehead atoms. The molecule has 3 aromatic rings. The average molecular weight is 260 g/mol. The number of nitrogen functional groups attached to an aromatic ring is 1. The molecule has 2 N–H and O–H groups in total. The fraction of sp³-hybridized carbons (Fsp3) is 0. The maximum absolute atomic E-state index is 5.89. The predicted octanol–water partition coefficient (Wildman–Crippen LogP) is 2.91. The van der Waals surface area contributed by atoms with Crippen LogP contribution in [0.2, 0.25) is 0 Å². The van der Waals surface area contributed by atoms with Gasteiger partial charge in [0, 0.05) is 28.8 Å². The number of thiazole rings is 2. The zero-order valence-electron chi connectivity index (χ0n) is 8.70. The van der Waals surface area contributed by atoms with Crippen LogP contribution in [0.15, 0.2) is 35.3 Å². The van der Waals surface area contributed by atoms with Gasteiger partial charge in [-0.25, -0.2) is 15.0 Å². The van der Waals surface area contributed by atoms with E-state index < -0.39 is 0 Å². The van der Waals surface area contributed by atoms with Crippen molar-refractivity contribution < 1.29 is 0 Å². The van der Waals surface area contributed by atoms with Crippen molar-refractivity contribution in [1.29, 1.82) is 0 Å². The van der Waals surface area contributed by atoms with Crippen molar-refractivity contribution in [3.05, 3.63) is 35.3 Å². The number of hydrogen-bond donors (Lipinski definition) is 1. The Bertz CT molecular complexity index is 564. The molecule has 3 heterocycles. The minimum atomic E-state index is 0.676. The maximum atomic E-state index is 5.89. The molecule has 17 heavy (non-hydrogen) atoms. The van der Waals surface area contributed by atoms with Crippen molar-refractivity contribution in [3.8, 4) is 21.4 Å². The van der Waals surface area contributed by atoms with E-state index in [0.29, 0.717) is 5.69 Å². The molecule has 84 valence electrons. The van der Waals surface area contributed by atoms with Gasteiger partial charge in [0.1, 0.15) is 21.4 Å². The first-order valence-corrected chi connectivity index (χ1v) is 6.66. The molecule has 0 aliphatic heterocycles. The first kappa shape index (κ1) is 10.4. The van der Waals surface area contributed by atoms with Crippen molar-refractivity contribution in [2.24, 2.45) is 0 Å². The first-order valence-electron chi connectivity index (χ1n) is 4.90. The monoisotopic (exact) mass is 260 g/mol. The predicted molar refractivity (Wildman–Crippen MR) is 70.9 cm³/mol. The van der Waals surface area contributed by atoms with E-state index in [9.17, 15) is 0 Å². The van der Waals surface area contributed by atoms with Gasteiger partial charge in [0.25, 0.3) is 0 Å². The van der Waals surface area contributed by atoms with Crippen LogP contribution < -0.4 is 5.73 Å². The summed E-state index contributed by atoms with van der Waals surface area (Å²) in [5.41, 5.74) is 8.15. The number of aromatic nitrogens is 3. The van der Waals surface area contributed by atoms with Crippen LogP contribution >= 0.6 is 22.7 Å². The summed E-state index contributed by atoms with van der Waals surface area (Å²) >= 11 is 3.09. The highest BCUT2D eigenvalue weighted by atomic mass is 32.1. The second kappa shape index (κ2) is 4.23. The topological polar surface area (TPSA) is 64.7 Å². The van der Waals surface area contributed by atoms with Crippen LogP contribution in [0.1, 0.15) is 0 Å². The van der Waals surface area contributed by atoms with Gasteiger partial charge in [-0.2, -0.15) is 0 Å². The minimum Gasteiger partial charge on any atom is -0.399 e. The molecule has 0 aliphatic carbocycles. The summed E-state index contributed by atoms with van der Waals surface area (Å²) in [6.45, 7) is 0. The quantitative estimate of drug-likeness (QED) is 0.769. The van der Waals surface area contributed by atoms with E-state index in [4.69, 9.17) is 5.73 Å². The number of rotatable bonds is 2. The number of pyridine rings is 1.